The Kier molecular flexibility index (Phi) is 6.29. The molecular weight excluding hydrogens is 339 g/mol. The van der Waals surface area contributed by atoms with E-state index < -0.39 is 12.8 Å². The van der Waals surface area contributed by atoms with Gasteiger partial charge in [-0.05, 0) is 32.3 Å². The van der Waals surface area contributed by atoms with Crippen LogP contribution in [0.2, 0.25) is 0 Å². The molecule has 2 aromatic heterocycles. The van der Waals surface area contributed by atoms with Gasteiger partial charge in [0, 0.05) is 31.0 Å². The van der Waals surface area contributed by atoms with E-state index in [0.717, 1.165) is 17.0 Å². The monoisotopic (exact) mass is 359 g/mol. The van der Waals surface area contributed by atoms with E-state index in [-0.39, 0.29) is 25.5 Å². The number of halogens is 3. The number of alkyl halides is 3. The number of fused-ring (bicyclic) bond motifs is 1. The molecule has 0 bridgehead atoms. The predicted molar refractivity (Wildman–Crippen MR) is 83.1 cm³/mol. The molecule has 2 heterocycles. The predicted octanol–water partition coefficient (Wildman–Crippen LogP) is 1.76. The number of aryl methyl sites for hydroxylation is 2. The molecule has 0 aliphatic heterocycles. The lowest BCUT2D eigenvalue weighted by Crippen LogP contribution is -2.26. The van der Waals surface area contributed by atoms with Crippen molar-refractivity contribution in [1.82, 2.24) is 24.9 Å². The molecule has 2 rings (SSSR count). The van der Waals surface area contributed by atoms with Crippen LogP contribution in [0.25, 0.3) is 5.78 Å². The van der Waals surface area contributed by atoms with Gasteiger partial charge in [-0.25, -0.2) is 9.50 Å². The van der Waals surface area contributed by atoms with Gasteiger partial charge in [-0.2, -0.15) is 23.3 Å². The number of aromatic nitrogens is 4. The first-order valence-electron chi connectivity index (χ1n) is 7.85. The van der Waals surface area contributed by atoms with E-state index in [9.17, 15) is 18.0 Å². The van der Waals surface area contributed by atoms with Crippen molar-refractivity contribution >= 4 is 11.7 Å². The molecule has 0 saturated carbocycles. The molecule has 138 valence electrons. The van der Waals surface area contributed by atoms with Gasteiger partial charge >= 0.3 is 6.18 Å². The van der Waals surface area contributed by atoms with Gasteiger partial charge in [0.05, 0.1) is 0 Å². The van der Waals surface area contributed by atoms with Gasteiger partial charge in [0.25, 0.3) is 5.78 Å². The van der Waals surface area contributed by atoms with Crippen molar-refractivity contribution in [2.45, 2.75) is 39.3 Å². The Bertz CT molecular complexity index is 730. The van der Waals surface area contributed by atoms with Crippen LogP contribution in [0.3, 0.4) is 0 Å². The Hall–Kier alpha value is -2.23. The number of amides is 1. The Labute approximate surface area is 142 Å². The normalized spacial score (nSPS) is 11.9. The quantitative estimate of drug-likeness (QED) is 0.727. The highest BCUT2D eigenvalue weighted by Gasteiger charge is 2.27. The lowest BCUT2D eigenvalue weighted by molar-refractivity contribution is -0.174. The minimum atomic E-state index is -4.32. The zero-order valence-electron chi connectivity index (χ0n) is 14.1. The molecule has 0 spiro atoms. The van der Waals surface area contributed by atoms with Crippen molar-refractivity contribution in [2.75, 3.05) is 19.8 Å². The summed E-state index contributed by atoms with van der Waals surface area (Å²) in [4.78, 5) is 20.2. The summed E-state index contributed by atoms with van der Waals surface area (Å²) in [5.74, 6) is 0.343. The number of ether oxygens (including phenoxy) is 1. The Morgan fingerprint density at radius 2 is 2.12 bits per heavy atom. The van der Waals surface area contributed by atoms with E-state index in [0.29, 0.717) is 18.6 Å². The molecule has 25 heavy (non-hydrogen) atoms. The van der Waals surface area contributed by atoms with Crippen LogP contribution >= 0.6 is 0 Å². The van der Waals surface area contributed by atoms with Crippen LogP contribution in [0.1, 0.15) is 29.8 Å². The number of nitrogens with one attached hydrogen (secondary N) is 1. The van der Waals surface area contributed by atoms with E-state index in [2.05, 4.69) is 25.1 Å². The first-order valence-corrected chi connectivity index (χ1v) is 7.85. The van der Waals surface area contributed by atoms with Crippen LogP contribution in [0.15, 0.2) is 6.33 Å². The summed E-state index contributed by atoms with van der Waals surface area (Å²) in [6.07, 6.45) is -1.82. The summed E-state index contributed by atoms with van der Waals surface area (Å²) < 4.78 is 41.8. The van der Waals surface area contributed by atoms with Gasteiger partial charge in [-0.1, -0.05) is 0 Å². The summed E-state index contributed by atoms with van der Waals surface area (Å²) in [6, 6.07) is 0. The Morgan fingerprint density at radius 3 is 2.84 bits per heavy atom. The highest BCUT2D eigenvalue weighted by atomic mass is 19.4. The second-order valence-electron chi connectivity index (χ2n) is 5.60. The Morgan fingerprint density at radius 1 is 1.36 bits per heavy atom. The van der Waals surface area contributed by atoms with E-state index in [1.54, 1.807) is 4.52 Å². The summed E-state index contributed by atoms with van der Waals surface area (Å²) in [5.41, 5.74) is 2.61. The molecule has 0 atom stereocenters. The van der Waals surface area contributed by atoms with Crippen molar-refractivity contribution in [1.29, 1.82) is 0 Å². The number of carbonyl (C=O) groups is 1. The minimum absolute atomic E-state index is 0.0507. The van der Waals surface area contributed by atoms with E-state index in [1.165, 1.54) is 6.33 Å². The van der Waals surface area contributed by atoms with E-state index >= 15 is 0 Å². The molecule has 0 radical (unpaired) electrons. The molecule has 0 saturated heterocycles. The van der Waals surface area contributed by atoms with E-state index in [1.807, 2.05) is 13.8 Å². The van der Waals surface area contributed by atoms with Crippen LogP contribution in [-0.2, 0) is 16.0 Å². The first-order chi connectivity index (χ1) is 11.8. The molecule has 10 heteroatoms. The first kappa shape index (κ1) is 19.1. The molecule has 0 aliphatic carbocycles. The maximum Gasteiger partial charge on any atom is 0.411 e. The SMILES string of the molecule is Cc1nc2ncnn2c(C)c1CCC(=O)NCCCOCC(F)(F)F. The topological polar surface area (TPSA) is 81.4 Å². The molecule has 0 aromatic carbocycles. The fraction of sp³-hybridized carbons (Fsp3) is 0.600. The average Bonchev–Trinajstić information content (AvgIpc) is 2.97. The van der Waals surface area contributed by atoms with Crippen LogP contribution in [0, 0.1) is 13.8 Å². The minimum Gasteiger partial charge on any atom is -0.372 e. The summed E-state index contributed by atoms with van der Waals surface area (Å²) >= 11 is 0. The van der Waals surface area contributed by atoms with Crippen LogP contribution < -0.4 is 5.32 Å². The van der Waals surface area contributed by atoms with Crippen molar-refractivity contribution in [2.24, 2.45) is 0 Å². The van der Waals surface area contributed by atoms with Crippen molar-refractivity contribution < 1.29 is 22.7 Å². The van der Waals surface area contributed by atoms with Crippen molar-refractivity contribution in [3.05, 3.63) is 23.3 Å². The molecular formula is C15H20F3N5O2. The maximum absolute atomic E-state index is 11.9. The smallest absolute Gasteiger partial charge is 0.372 e. The van der Waals surface area contributed by atoms with Crippen LogP contribution in [-0.4, -0.2) is 51.4 Å². The maximum atomic E-state index is 11.9. The van der Waals surface area contributed by atoms with Crippen LogP contribution in [0.4, 0.5) is 13.2 Å². The molecule has 0 aliphatic rings. The third kappa shape index (κ3) is 5.66. The number of hydrogen-bond donors (Lipinski definition) is 1. The molecule has 0 unspecified atom stereocenters. The molecule has 0 fully saturated rings. The number of hydrogen-bond acceptors (Lipinski definition) is 5. The molecule has 7 nitrogen and oxygen atoms in total. The average molecular weight is 359 g/mol. The fourth-order valence-corrected chi connectivity index (χ4v) is 2.43. The lowest BCUT2D eigenvalue weighted by Gasteiger charge is -2.11. The number of carbonyl (C=O) groups excluding carboxylic acids is 1. The van der Waals surface area contributed by atoms with E-state index in [4.69, 9.17) is 0 Å². The van der Waals surface area contributed by atoms with Gasteiger partial charge in [0.1, 0.15) is 12.9 Å². The van der Waals surface area contributed by atoms with Crippen molar-refractivity contribution in [3.8, 4) is 0 Å². The lowest BCUT2D eigenvalue weighted by atomic mass is 10.1. The summed E-state index contributed by atoms with van der Waals surface area (Å²) in [7, 11) is 0. The molecule has 2 aromatic rings. The zero-order valence-corrected chi connectivity index (χ0v) is 14.1. The van der Waals surface area contributed by atoms with Gasteiger partial charge in [0.2, 0.25) is 5.91 Å². The van der Waals surface area contributed by atoms with Gasteiger partial charge in [0.15, 0.2) is 0 Å². The van der Waals surface area contributed by atoms with Crippen LogP contribution in [0.5, 0.6) is 0 Å². The third-order valence-corrected chi connectivity index (χ3v) is 3.64. The number of nitrogens with zero attached hydrogens (tertiary/aromatic N) is 4. The second-order valence-corrected chi connectivity index (χ2v) is 5.60. The number of rotatable bonds is 8. The highest BCUT2D eigenvalue weighted by Crippen LogP contribution is 2.15. The van der Waals surface area contributed by atoms with Gasteiger partial charge in [-0.3, -0.25) is 4.79 Å². The summed E-state index contributed by atoms with van der Waals surface area (Å²) in [5, 5.41) is 6.76. The Balaban J connectivity index is 1.73. The summed E-state index contributed by atoms with van der Waals surface area (Å²) in [6.45, 7) is 2.70. The zero-order chi connectivity index (χ0) is 18.4. The second kappa shape index (κ2) is 8.24. The van der Waals surface area contributed by atoms with Gasteiger partial charge in [-0.15, -0.1) is 0 Å². The standard InChI is InChI=1S/C15H20F3N5O2/c1-10-12(11(2)23-14(22-10)20-9-21-23)4-5-13(24)19-6-3-7-25-8-15(16,17)18/h9H,3-8H2,1-2H3,(H,19,24). The molecule has 1 N–H and O–H groups in total. The third-order valence-electron chi connectivity index (χ3n) is 3.64. The highest BCUT2D eigenvalue weighted by molar-refractivity contribution is 5.76. The molecule has 1 amide bonds. The van der Waals surface area contributed by atoms with Gasteiger partial charge < -0.3 is 10.1 Å². The fourth-order valence-electron chi connectivity index (χ4n) is 2.43. The van der Waals surface area contributed by atoms with Crippen molar-refractivity contribution in [3.63, 3.8) is 0 Å². The largest absolute Gasteiger partial charge is 0.411 e.